The number of carbonyl (C=O) groups is 1. The summed E-state index contributed by atoms with van der Waals surface area (Å²) in [5, 5.41) is 0. The zero-order valence-electron chi connectivity index (χ0n) is 10.8. The van der Waals surface area contributed by atoms with Gasteiger partial charge in [-0.3, -0.25) is 4.79 Å². The zero-order chi connectivity index (χ0) is 13.0. The summed E-state index contributed by atoms with van der Waals surface area (Å²) in [6, 6.07) is 7.69. The van der Waals surface area contributed by atoms with Crippen LogP contribution in [0.25, 0.3) is 0 Å². The van der Waals surface area contributed by atoms with E-state index in [1.54, 1.807) is 7.11 Å². The number of nitrogens with zero attached hydrogens (tertiary/aromatic N) is 2. The summed E-state index contributed by atoms with van der Waals surface area (Å²) in [5.41, 5.74) is 1.68. The number of hydrogen-bond acceptors (Lipinski definition) is 3. The van der Waals surface area contributed by atoms with Crippen molar-refractivity contribution in [3.05, 3.63) is 24.3 Å². The van der Waals surface area contributed by atoms with Gasteiger partial charge in [0.25, 0.3) is 0 Å². The van der Waals surface area contributed by atoms with Gasteiger partial charge in [0, 0.05) is 19.4 Å². The Morgan fingerprint density at radius 3 is 2.94 bits per heavy atom. The molecule has 0 bridgehead atoms. The van der Waals surface area contributed by atoms with Crippen molar-refractivity contribution in [1.29, 1.82) is 0 Å². The van der Waals surface area contributed by atoms with Gasteiger partial charge in [0.15, 0.2) is 5.90 Å². The van der Waals surface area contributed by atoms with Crippen molar-refractivity contribution in [3.63, 3.8) is 0 Å². The van der Waals surface area contributed by atoms with E-state index in [9.17, 15) is 4.79 Å². The van der Waals surface area contributed by atoms with E-state index in [2.05, 4.69) is 4.99 Å². The third-order valence-electron chi connectivity index (χ3n) is 2.97. The Balaban J connectivity index is 2.36. The zero-order valence-corrected chi connectivity index (χ0v) is 10.8. The topological polar surface area (TPSA) is 41.9 Å². The van der Waals surface area contributed by atoms with Gasteiger partial charge >= 0.3 is 0 Å². The first-order valence-electron chi connectivity index (χ1n) is 6.27. The van der Waals surface area contributed by atoms with Gasteiger partial charge in [-0.25, -0.2) is 4.99 Å². The van der Waals surface area contributed by atoms with Gasteiger partial charge in [-0.15, -0.1) is 0 Å². The fourth-order valence-corrected chi connectivity index (χ4v) is 2.06. The molecular formula is C14H18N2O2. The minimum atomic E-state index is 0.150. The van der Waals surface area contributed by atoms with E-state index < -0.39 is 0 Å². The maximum absolute atomic E-state index is 12.1. The molecule has 0 saturated heterocycles. The van der Waals surface area contributed by atoms with Crippen LogP contribution in [0.3, 0.4) is 0 Å². The van der Waals surface area contributed by atoms with Crippen molar-refractivity contribution in [3.8, 4) is 0 Å². The van der Waals surface area contributed by atoms with Crippen molar-refractivity contribution < 1.29 is 9.53 Å². The first-order chi connectivity index (χ1) is 8.76. The molecule has 0 aliphatic carbocycles. The Labute approximate surface area is 107 Å². The Morgan fingerprint density at radius 1 is 1.44 bits per heavy atom. The molecule has 0 spiro atoms. The smallest absolute Gasteiger partial charge is 0.227 e. The van der Waals surface area contributed by atoms with Crippen LogP contribution < -0.4 is 4.90 Å². The van der Waals surface area contributed by atoms with Crippen LogP contribution in [0.2, 0.25) is 0 Å². The van der Waals surface area contributed by atoms with Gasteiger partial charge in [0.05, 0.1) is 18.5 Å². The second-order valence-electron chi connectivity index (χ2n) is 4.24. The summed E-state index contributed by atoms with van der Waals surface area (Å²) in [6.45, 7) is 2.64. The summed E-state index contributed by atoms with van der Waals surface area (Å²) in [7, 11) is 1.62. The molecule has 1 aromatic rings. The van der Waals surface area contributed by atoms with Crippen LogP contribution in [0.4, 0.5) is 11.4 Å². The van der Waals surface area contributed by atoms with Crippen molar-refractivity contribution in [2.75, 3.05) is 18.6 Å². The molecule has 4 heteroatoms. The third kappa shape index (κ3) is 2.53. The number of amides is 1. The van der Waals surface area contributed by atoms with Gasteiger partial charge in [-0.05, 0) is 18.6 Å². The van der Waals surface area contributed by atoms with E-state index in [1.807, 2.05) is 36.1 Å². The molecule has 1 aromatic carbocycles. The highest BCUT2D eigenvalue weighted by molar-refractivity contribution is 5.98. The summed E-state index contributed by atoms with van der Waals surface area (Å²) < 4.78 is 5.23. The van der Waals surface area contributed by atoms with Crippen LogP contribution in [0.1, 0.15) is 26.2 Å². The summed E-state index contributed by atoms with van der Waals surface area (Å²) in [6.07, 6.45) is 2.08. The van der Waals surface area contributed by atoms with Gasteiger partial charge in [0.2, 0.25) is 5.91 Å². The highest BCUT2D eigenvalue weighted by atomic mass is 16.5. The lowest BCUT2D eigenvalue weighted by atomic mass is 10.2. The second-order valence-corrected chi connectivity index (χ2v) is 4.24. The molecule has 96 valence electrons. The number of para-hydroxylation sites is 2. The predicted octanol–water partition coefficient (Wildman–Crippen LogP) is 2.90. The lowest BCUT2D eigenvalue weighted by Gasteiger charge is -2.21. The molecule has 0 atom stereocenters. The largest absolute Gasteiger partial charge is 0.484 e. The number of hydrogen-bond donors (Lipinski definition) is 0. The van der Waals surface area contributed by atoms with E-state index >= 15 is 0 Å². The van der Waals surface area contributed by atoms with Crippen LogP contribution in [0.15, 0.2) is 29.3 Å². The van der Waals surface area contributed by atoms with Crippen LogP contribution in [0, 0.1) is 0 Å². The van der Waals surface area contributed by atoms with Crippen molar-refractivity contribution in [2.24, 2.45) is 4.99 Å². The molecule has 2 rings (SSSR count). The molecule has 1 aliphatic heterocycles. The molecule has 1 heterocycles. The van der Waals surface area contributed by atoms with Crippen molar-refractivity contribution in [2.45, 2.75) is 26.2 Å². The predicted molar refractivity (Wildman–Crippen MR) is 72.4 cm³/mol. The molecule has 1 aliphatic rings. The molecule has 18 heavy (non-hydrogen) atoms. The first kappa shape index (κ1) is 12.6. The lowest BCUT2D eigenvalue weighted by Crippen LogP contribution is -2.31. The average molecular weight is 246 g/mol. The first-order valence-corrected chi connectivity index (χ1v) is 6.27. The molecule has 0 fully saturated rings. The number of carbonyl (C=O) groups excluding carboxylic acids is 1. The van der Waals surface area contributed by atoms with Crippen molar-refractivity contribution in [1.82, 2.24) is 0 Å². The second kappa shape index (κ2) is 5.67. The standard InChI is InChI=1S/C14H18N2O2/c1-3-6-14(17)16-10-9-13(18-2)15-11-7-4-5-8-12(11)16/h4-5,7-8H,3,6,9-10H2,1-2H3. The normalized spacial score (nSPS) is 14.6. The molecule has 1 amide bonds. The number of ether oxygens (including phenoxy) is 1. The third-order valence-corrected chi connectivity index (χ3v) is 2.97. The number of anilines is 1. The van der Waals surface area contributed by atoms with Gasteiger partial charge < -0.3 is 9.64 Å². The number of benzene rings is 1. The Bertz CT molecular complexity index is 469. The summed E-state index contributed by atoms with van der Waals surface area (Å²) in [4.78, 5) is 18.4. The number of fused-ring (bicyclic) bond motifs is 1. The molecule has 0 radical (unpaired) electrons. The number of aliphatic imine (C=N–C) groups is 1. The summed E-state index contributed by atoms with van der Waals surface area (Å²) >= 11 is 0. The lowest BCUT2D eigenvalue weighted by molar-refractivity contribution is -0.118. The van der Waals surface area contributed by atoms with Gasteiger partial charge in [-0.1, -0.05) is 19.1 Å². The molecule has 4 nitrogen and oxygen atoms in total. The van der Waals surface area contributed by atoms with Crippen molar-refractivity contribution >= 4 is 23.2 Å². The highest BCUT2D eigenvalue weighted by Crippen LogP contribution is 2.31. The van der Waals surface area contributed by atoms with Crippen LogP contribution in [-0.4, -0.2) is 25.5 Å². The fraction of sp³-hybridized carbons (Fsp3) is 0.429. The van der Waals surface area contributed by atoms with Crippen LogP contribution >= 0.6 is 0 Å². The van der Waals surface area contributed by atoms with Crippen LogP contribution in [-0.2, 0) is 9.53 Å². The van der Waals surface area contributed by atoms with Gasteiger partial charge in [-0.2, -0.15) is 0 Å². The van der Waals surface area contributed by atoms with E-state index in [4.69, 9.17) is 4.74 Å². The maximum Gasteiger partial charge on any atom is 0.227 e. The minimum Gasteiger partial charge on any atom is -0.484 e. The minimum absolute atomic E-state index is 0.150. The Kier molecular flexibility index (Phi) is 3.97. The molecule has 0 N–H and O–H groups in total. The molecule has 0 unspecified atom stereocenters. The van der Waals surface area contributed by atoms with E-state index in [-0.39, 0.29) is 5.91 Å². The summed E-state index contributed by atoms with van der Waals surface area (Å²) in [5.74, 6) is 0.826. The SMILES string of the molecule is CCCC(=O)N1CCC(OC)=Nc2ccccc21. The Hall–Kier alpha value is -1.84. The Morgan fingerprint density at radius 2 is 2.22 bits per heavy atom. The highest BCUT2D eigenvalue weighted by Gasteiger charge is 2.21. The van der Waals surface area contributed by atoms with E-state index in [0.29, 0.717) is 25.3 Å². The molecule has 0 aromatic heterocycles. The molecular weight excluding hydrogens is 228 g/mol. The van der Waals surface area contributed by atoms with E-state index in [1.165, 1.54) is 0 Å². The number of methoxy groups -OCH3 is 1. The van der Waals surface area contributed by atoms with Gasteiger partial charge in [0.1, 0.15) is 0 Å². The fourth-order valence-electron chi connectivity index (χ4n) is 2.06. The quantitative estimate of drug-likeness (QED) is 0.805. The van der Waals surface area contributed by atoms with Crippen LogP contribution in [0.5, 0.6) is 0 Å². The maximum atomic E-state index is 12.1. The number of rotatable bonds is 2. The monoisotopic (exact) mass is 246 g/mol. The molecule has 0 saturated carbocycles. The van der Waals surface area contributed by atoms with E-state index in [0.717, 1.165) is 17.8 Å². The average Bonchev–Trinajstić information content (AvgIpc) is 2.58.